The van der Waals surface area contributed by atoms with E-state index in [1.165, 1.54) is 0 Å². The van der Waals surface area contributed by atoms with Gasteiger partial charge in [-0.2, -0.15) is 18.4 Å². The first-order valence-electron chi connectivity index (χ1n) is 22.2. The van der Waals surface area contributed by atoms with Crippen LogP contribution in [0.5, 0.6) is 0 Å². The lowest BCUT2D eigenvalue weighted by Gasteiger charge is -2.24. The number of nitrogens with zero attached hydrogens (tertiary/aromatic N) is 5. The minimum Gasteiger partial charge on any atom is -0.309 e. The van der Waals surface area contributed by atoms with Crippen LogP contribution in [-0.2, 0) is 6.18 Å². The van der Waals surface area contributed by atoms with E-state index in [1.54, 1.807) is 45.5 Å². The molecule has 8 heteroatoms. The standard InChI is InChI=1S/C60H36F3N5/c61-60(62,63)58-57(67-53-26-9-7-20-45(53)47-35-42(28-31-55(47)67)51-24-12-22-49(65-51)39-15-3-1-4-16-39)33-30-44(41-19-11-14-38(34-41)37-64)59(58)68-54-27-10-8-21-46(54)48-36-43(29-32-56(48)68)52-25-13-23-50(66-52)40-17-5-2-6-18-40/h1-36H. The van der Waals surface area contributed by atoms with Crippen LogP contribution in [0.2, 0.25) is 0 Å². The Balaban J connectivity index is 1.12. The van der Waals surface area contributed by atoms with Crippen molar-refractivity contribution >= 4 is 43.6 Å². The van der Waals surface area contributed by atoms with Gasteiger partial charge in [-0.3, -0.25) is 0 Å². The Hall–Kier alpha value is -9.06. The molecule has 12 aromatic rings. The number of nitriles is 1. The number of benzene rings is 8. The van der Waals surface area contributed by atoms with E-state index in [0.717, 1.165) is 66.6 Å². The van der Waals surface area contributed by atoms with Gasteiger partial charge in [0.25, 0.3) is 0 Å². The summed E-state index contributed by atoms with van der Waals surface area (Å²) in [7, 11) is 0. The van der Waals surface area contributed by atoms with Gasteiger partial charge in [0.1, 0.15) is 5.56 Å². The van der Waals surface area contributed by atoms with Gasteiger partial charge in [0.2, 0.25) is 0 Å². The Morgan fingerprint density at radius 3 is 1.38 bits per heavy atom. The number of para-hydroxylation sites is 2. The molecule has 322 valence electrons. The van der Waals surface area contributed by atoms with Gasteiger partial charge in [-0.1, -0.05) is 140 Å². The van der Waals surface area contributed by atoms with E-state index in [-0.39, 0.29) is 11.4 Å². The maximum absolute atomic E-state index is 16.8. The second-order valence-corrected chi connectivity index (χ2v) is 16.8. The molecule has 4 aromatic heterocycles. The van der Waals surface area contributed by atoms with Crippen molar-refractivity contribution in [1.29, 1.82) is 5.26 Å². The highest BCUT2D eigenvalue weighted by molar-refractivity contribution is 6.13. The molecule has 0 radical (unpaired) electrons. The molecule has 0 aliphatic heterocycles. The molecule has 0 aliphatic carbocycles. The number of aromatic nitrogens is 4. The predicted molar refractivity (Wildman–Crippen MR) is 268 cm³/mol. The van der Waals surface area contributed by atoms with Crippen LogP contribution in [-0.4, -0.2) is 19.1 Å². The second kappa shape index (κ2) is 16.1. The lowest BCUT2D eigenvalue weighted by atomic mass is 9.96. The fourth-order valence-electron chi connectivity index (χ4n) is 9.76. The summed E-state index contributed by atoms with van der Waals surface area (Å²) < 4.78 is 53.8. The third-order valence-corrected chi connectivity index (χ3v) is 12.8. The maximum Gasteiger partial charge on any atom is 0.420 e. The highest BCUT2D eigenvalue weighted by atomic mass is 19.4. The number of rotatable bonds is 7. The molecule has 8 aromatic carbocycles. The van der Waals surface area contributed by atoms with E-state index in [2.05, 4.69) is 6.07 Å². The maximum atomic E-state index is 16.8. The van der Waals surface area contributed by atoms with Crippen molar-refractivity contribution in [2.75, 3.05) is 0 Å². The molecule has 0 aliphatic rings. The highest BCUT2D eigenvalue weighted by Crippen LogP contribution is 2.48. The molecule has 68 heavy (non-hydrogen) atoms. The molecule has 0 N–H and O–H groups in total. The molecular weight excluding hydrogens is 848 g/mol. The predicted octanol–water partition coefficient (Wildman–Crippen LogP) is 15.9. The molecule has 4 heterocycles. The smallest absolute Gasteiger partial charge is 0.309 e. The van der Waals surface area contributed by atoms with Crippen LogP contribution in [0.25, 0.3) is 111 Å². The van der Waals surface area contributed by atoms with Gasteiger partial charge in [-0.25, -0.2) is 9.97 Å². The zero-order chi connectivity index (χ0) is 45.9. The molecule has 0 bridgehead atoms. The first-order chi connectivity index (χ1) is 33.3. The monoisotopic (exact) mass is 883 g/mol. The summed E-state index contributed by atoms with van der Waals surface area (Å²) in [6.45, 7) is 0. The Labute approximate surface area is 388 Å². The Kier molecular flexibility index (Phi) is 9.59. The van der Waals surface area contributed by atoms with Gasteiger partial charge in [0.05, 0.1) is 67.8 Å². The zero-order valence-electron chi connectivity index (χ0n) is 36.2. The van der Waals surface area contributed by atoms with E-state index in [1.807, 2.05) is 182 Å². The van der Waals surface area contributed by atoms with Crippen molar-refractivity contribution in [3.8, 4) is 73.6 Å². The topological polar surface area (TPSA) is 59.4 Å². The number of alkyl halides is 3. The molecule has 0 unspecified atom stereocenters. The number of hydrogen-bond donors (Lipinski definition) is 0. The Morgan fingerprint density at radius 1 is 0.382 bits per heavy atom. The fraction of sp³-hybridized carbons (Fsp3) is 0.0167. The molecule has 12 rings (SSSR count). The highest BCUT2D eigenvalue weighted by Gasteiger charge is 2.40. The number of halogens is 3. The van der Waals surface area contributed by atoms with Crippen molar-refractivity contribution in [3.63, 3.8) is 0 Å². The van der Waals surface area contributed by atoms with Crippen molar-refractivity contribution in [3.05, 3.63) is 230 Å². The van der Waals surface area contributed by atoms with Crippen molar-refractivity contribution < 1.29 is 13.2 Å². The number of pyridine rings is 2. The van der Waals surface area contributed by atoms with E-state index < -0.39 is 11.7 Å². The Bertz CT molecular complexity index is 3970. The van der Waals surface area contributed by atoms with Gasteiger partial charge in [0.15, 0.2) is 0 Å². The molecule has 0 amide bonds. The minimum absolute atomic E-state index is 0.0275. The van der Waals surface area contributed by atoms with Crippen LogP contribution in [0.3, 0.4) is 0 Å². The molecule has 0 atom stereocenters. The first-order valence-corrected chi connectivity index (χ1v) is 22.2. The third-order valence-electron chi connectivity index (χ3n) is 12.8. The van der Waals surface area contributed by atoms with Crippen LogP contribution in [0.1, 0.15) is 11.1 Å². The summed E-state index contributed by atoms with van der Waals surface area (Å²) in [6, 6.07) is 70.8. The fourth-order valence-corrected chi connectivity index (χ4v) is 9.76. The molecular formula is C60H36F3N5. The van der Waals surface area contributed by atoms with Gasteiger partial charge < -0.3 is 9.13 Å². The van der Waals surface area contributed by atoms with Crippen LogP contribution >= 0.6 is 0 Å². The van der Waals surface area contributed by atoms with Gasteiger partial charge in [-0.05, 0) is 84.4 Å². The summed E-state index contributed by atoms with van der Waals surface area (Å²) in [6.07, 6.45) is -4.87. The summed E-state index contributed by atoms with van der Waals surface area (Å²) in [4.78, 5) is 10.0. The normalized spacial score (nSPS) is 11.7. The van der Waals surface area contributed by atoms with E-state index in [0.29, 0.717) is 38.8 Å². The lowest BCUT2D eigenvalue weighted by Crippen LogP contribution is -2.16. The quantitative estimate of drug-likeness (QED) is 0.160. The summed E-state index contributed by atoms with van der Waals surface area (Å²) >= 11 is 0. The molecule has 0 saturated carbocycles. The number of fused-ring (bicyclic) bond motifs is 6. The van der Waals surface area contributed by atoms with Crippen molar-refractivity contribution in [2.45, 2.75) is 6.18 Å². The minimum atomic E-state index is -4.87. The van der Waals surface area contributed by atoms with Crippen LogP contribution in [0.15, 0.2) is 218 Å². The van der Waals surface area contributed by atoms with E-state index in [4.69, 9.17) is 9.97 Å². The summed E-state index contributed by atoms with van der Waals surface area (Å²) in [5, 5.41) is 13.2. The van der Waals surface area contributed by atoms with Crippen LogP contribution < -0.4 is 0 Å². The Morgan fingerprint density at radius 2 is 0.838 bits per heavy atom. The third kappa shape index (κ3) is 6.79. The van der Waals surface area contributed by atoms with Gasteiger partial charge >= 0.3 is 6.18 Å². The van der Waals surface area contributed by atoms with Gasteiger partial charge in [-0.15, -0.1) is 0 Å². The molecule has 0 saturated heterocycles. The van der Waals surface area contributed by atoms with E-state index in [9.17, 15) is 5.26 Å². The van der Waals surface area contributed by atoms with Crippen molar-refractivity contribution in [2.24, 2.45) is 0 Å². The second-order valence-electron chi connectivity index (χ2n) is 16.8. The summed E-state index contributed by atoms with van der Waals surface area (Å²) in [5.74, 6) is 0. The van der Waals surface area contributed by atoms with Crippen LogP contribution in [0, 0.1) is 11.3 Å². The van der Waals surface area contributed by atoms with Crippen LogP contribution in [0.4, 0.5) is 13.2 Å². The van der Waals surface area contributed by atoms with Crippen molar-refractivity contribution in [1.82, 2.24) is 19.1 Å². The molecule has 0 fully saturated rings. The largest absolute Gasteiger partial charge is 0.420 e. The zero-order valence-corrected chi connectivity index (χ0v) is 36.2. The number of hydrogen-bond acceptors (Lipinski definition) is 3. The SMILES string of the molecule is N#Cc1cccc(-c2ccc(-n3c4ccccc4c4cc(-c5cccc(-c6ccccc6)n5)ccc43)c(C(F)(F)F)c2-n2c3ccccc3c3cc(-c4cccc(-c5ccccc5)n4)ccc32)c1. The van der Waals surface area contributed by atoms with Gasteiger partial charge in [0, 0.05) is 49.4 Å². The average molecular weight is 884 g/mol. The molecule has 0 spiro atoms. The molecule has 5 nitrogen and oxygen atoms in total. The summed E-state index contributed by atoms with van der Waals surface area (Å²) in [5.41, 5.74) is 9.46. The first kappa shape index (κ1) is 40.4. The lowest BCUT2D eigenvalue weighted by molar-refractivity contribution is -0.137. The van der Waals surface area contributed by atoms with E-state index >= 15 is 13.2 Å². The average Bonchev–Trinajstić information content (AvgIpc) is 3.90.